The summed E-state index contributed by atoms with van der Waals surface area (Å²) in [5.74, 6) is -1.86. The zero-order chi connectivity index (χ0) is 19.9. The normalized spacial score (nSPS) is 18.3. The van der Waals surface area contributed by atoms with E-state index in [1.54, 1.807) is 23.5 Å². The van der Waals surface area contributed by atoms with Crippen LogP contribution < -0.4 is 20.8 Å². The van der Waals surface area contributed by atoms with Crippen molar-refractivity contribution in [2.75, 3.05) is 32.2 Å². The van der Waals surface area contributed by atoms with E-state index in [0.29, 0.717) is 25.2 Å². The minimum Gasteiger partial charge on any atom is -0.492 e. The summed E-state index contributed by atoms with van der Waals surface area (Å²) in [6, 6.07) is 0.775. The molecule has 0 aliphatic carbocycles. The van der Waals surface area contributed by atoms with Crippen molar-refractivity contribution in [1.82, 2.24) is 4.57 Å². The van der Waals surface area contributed by atoms with Crippen LogP contribution in [0.25, 0.3) is 10.9 Å². The molecule has 0 unspecified atom stereocenters. The van der Waals surface area contributed by atoms with Crippen molar-refractivity contribution in [3.05, 3.63) is 33.9 Å². The number of fused-ring (bicyclic) bond motifs is 1. The van der Waals surface area contributed by atoms with Crippen LogP contribution in [0.2, 0.25) is 0 Å². The Morgan fingerprint density at radius 3 is 2.52 bits per heavy atom. The molecule has 5 N–H and O–H groups in total. The van der Waals surface area contributed by atoms with E-state index in [4.69, 9.17) is 15.2 Å². The fourth-order valence-electron chi connectivity index (χ4n) is 3.61. The topological polar surface area (TPSA) is 139 Å². The van der Waals surface area contributed by atoms with Gasteiger partial charge < -0.3 is 35.3 Å². The van der Waals surface area contributed by atoms with Crippen molar-refractivity contribution in [3.8, 4) is 5.75 Å². The molecule has 1 aliphatic rings. The van der Waals surface area contributed by atoms with Crippen LogP contribution in [0.1, 0.15) is 17.3 Å². The third kappa shape index (κ3) is 4.01. The first-order valence-corrected chi connectivity index (χ1v) is 8.54. The van der Waals surface area contributed by atoms with Gasteiger partial charge in [-0.1, -0.05) is 0 Å². The Balaban J connectivity index is 0.00000210. The van der Waals surface area contributed by atoms with Crippen LogP contribution in [-0.2, 0) is 11.3 Å². The number of benzene rings is 1. The number of aromatic carboxylic acids is 1. The molecule has 11 heteroatoms. The molecule has 0 bridgehead atoms. The minimum atomic E-state index is -1.36. The fraction of sp³-hybridized carbons (Fsp3) is 0.444. The molecule has 0 radical (unpaired) electrons. The van der Waals surface area contributed by atoms with Gasteiger partial charge in [-0.2, -0.15) is 0 Å². The number of carboxylic acids is 1. The highest BCUT2D eigenvalue weighted by Crippen LogP contribution is 2.39. The molecule has 9 nitrogen and oxygen atoms in total. The fourth-order valence-corrected chi connectivity index (χ4v) is 3.61. The highest BCUT2D eigenvalue weighted by molar-refractivity contribution is 5.97. The first kappa shape index (κ1) is 24.6. The zero-order valence-corrected chi connectivity index (χ0v) is 17.1. The van der Waals surface area contributed by atoms with Gasteiger partial charge in [-0.15, -0.1) is 12.4 Å². The summed E-state index contributed by atoms with van der Waals surface area (Å²) in [5.41, 5.74) is 5.42. The monoisotopic (exact) mass is 433 g/mol. The molecule has 1 aromatic carbocycles. The van der Waals surface area contributed by atoms with Crippen molar-refractivity contribution in [3.63, 3.8) is 0 Å². The lowest BCUT2D eigenvalue weighted by molar-refractivity contribution is 0.0694. The van der Waals surface area contributed by atoms with Gasteiger partial charge in [0, 0.05) is 32.9 Å². The molecule has 1 fully saturated rings. The van der Waals surface area contributed by atoms with Gasteiger partial charge in [0.2, 0.25) is 5.43 Å². The summed E-state index contributed by atoms with van der Waals surface area (Å²) in [4.78, 5) is 25.7. The number of hydrogen-bond acceptors (Lipinski definition) is 6. The van der Waals surface area contributed by atoms with Crippen LogP contribution in [0.5, 0.6) is 5.75 Å². The highest BCUT2D eigenvalue weighted by Gasteiger charge is 2.34. The van der Waals surface area contributed by atoms with Crippen LogP contribution in [-0.4, -0.2) is 60.6 Å². The summed E-state index contributed by atoms with van der Waals surface area (Å²) in [5, 5.41) is 9.24. The Hall–Kier alpha value is -2.40. The van der Waals surface area contributed by atoms with Gasteiger partial charge in [-0.3, -0.25) is 4.79 Å². The summed E-state index contributed by atoms with van der Waals surface area (Å²) in [6.07, 6.45) is 0.998. The quantitative estimate of drug-likeness (QED) is 0.704. The number of methoxy groups -OCH3 is 2. The average Bonchev–Trinajstić information content (AvgIpc) is 3.01. The Kier molecular flexibility index (Phi) is 7.98. The number of rotatable bonds is 5. The Morgan fingerprint density at radius 2 is 2.03 bits per heavy atom. The van der Waals surface area contributed by atoms with E-state index in [1.807, 2.05) is 0 Å². The predicted molar refractivity (Wildman–Crippen MR) is 109 cm³/mol. The summed E-state index contributed by atoms with van der Waals surface area (Å²) < 4.78 is 27.4. The Labute approximate surface area is 172 Å². The third-order valence-corrected chi connectivity index (χ3v) is 4.95. The van der Waals surface area contributed by atoms with Crippen LogP contribution in [0.15, 0.2) is 17.1 Å². The zero-order valence-electron chi connectivity index (χ0n) is 16.3. The van der Waals surface area contributed by atoms with Crippen LogP contribution in [0.3, 0.4) is 0 Å². The number of carboxylic acid groups (broad SMARTS) is 1. The molecule has 0 saturated carbocycles. The number of ether oxygens (including phenoxy) is 2. The second-order valence-corrected chi connectivity index (χ2v) is 6.44. The molecule has 2 heterocycles. The molecular weight excluding hydrogens is 409 g/mol. The molecule has 2 aromatic rings. The van der Waals surface area contributed by atoms with Crippen molar-refractivity contribution in [2.24, 2.45) is 5.73 Å². The largest absolute Gasteiger partial charge is 0.492 e. The second-order valence-electron chi connectivity index (χ2n) is 6.44. The third-order valence-electron chi connectivity index (χ3n) is 4.95. The maximum atomic E-state index is 15.0. The number of anilines is 1. The lowest BCUT2D eigenvalue weighted by Gasteiger charge is -2.24. The first-order chi connectivity index (χ1) is 12.8. The number of aromatic nitrogens is 1. The molecule has 162 valence electrons. The maximum absolute atomic E-state index is 15.0. The molecule has 0 amide bonds. The van der Waals surface area contributed by atoms with E-state index in [-0.39, 0.29) is 46.9 Å². The first-order valence-electron chi connectivity index (χ1n) is 8.54. The molecule has 2 atom stereocenters. The highest BCUT2D eigenvalue weighted by atomic mass is 35.5. The number of halogens is 2. The maximum Gasteiger partial charge on any atom is 0.341 e. The van der Waals surface area contributed by atoms with Crippen molar-refractivity contribution < 1.29 is 29.2 Å². The van der Waals surface area contributed by atoms with Gasteiger partial charge >= 0.3 is 5.97 Å². The van der Waals surface area contributed by atoms with E-state index in [2.05, 4.69) is 0 Å². The molecule has 3 rings (SSSR count). The smallest absolute Gasteiger partial charge is 0.341 e. The average molecular weight is 434 g/mol. The van der Waals surface area contributed by atoms with E-state index in [0.717, 1.165) is 6.07 Å². The predicted octanol–water partition coefficient (Wildman–Crippen LogP) is 0.627. The lowest BCUT2D eigenvalue weighted by atomic mass is 10.1. The van der Waals surface area contributed by atoms with Crippen molar-refractivity contribution >= 4 is 35.0 Å². The molecule has 0 spiro atoms. The van der Waals surface area contributed by atoms with E-state index < -0.39 is 22.8 Å². The van der Waals surface area contributed by atoms with Crippen LogP contribution in [0.4, 0.5) is 10.1 Å². The number of nitrogens with zero attached hydrogens (tertiary/aromatic N) is 2. The van der Waals surface area contributed by atoms with Gasteiger partial charge in [0.05, 0.1) is 30.2 Å². The molecule has 29 heavy (non-hydrogen) atoms. The van der Waals surface area contributed by atoms with Crippen LogP contribution >= 0.6 is 12.4 Å². The number of nitrogens with two attached hydrogens (primary N) is 1. The van der Waals surface area contributed by atoms with Gasteiger partial charge in [-0.05, 0) is 13.0 Å². The van der Waals surface area contributed by atoms with Gasteiger partial charge in [0.25, 0.3) is 0 Å². The van der Waals surface area contributed by atoms with E-state index in [9.17, 15) is 14.7 Å². The summed E-state index contributed by atoms with van der Waals surface area (Å²) in [7, 11) is 2.93. The standard InChI is InChI=1S/C18H22FN3O5.ClH.H2O/c1-4-21-6-10(18(24)25)16(23)9-5-11(19)15(17(27-3)14(9)21)22-7-12(20)13(8-22)26-2;;/h5-6,12-13H,4,7-8,20H2,1-3H3,(H,24,25);1H;1H2/t12-,13+;;/m1../s1. The SMILES string of the molecule is CCn1cc(C(=O)O)c(=O)c2cc(F)c(N3C[C@@H](N)[C@@H](OC)C3)c(OC)c21.Cl.O. The van der Waals surface area contributed by atoms with Crippen molar-refractivity contribution in [1.29, 1.82) is 0 Å². The molecule has 1 saturated heterocycles. The lowest BCUT2D eigenvalue weighted by Crippen LogP contribution is -2.34. The Morgan fingerprint density at radius 1 is 1.38 bits per heavy atom. The second kappa shape index (κ2) is 9.40. The minimum absolute atomic E-state index is 0. The van der Waals surface area contributed by atoms with Crippen LogP contribution in [0, 0.1) is 5.82 Å². The van der Waals surface area contributed by atoms with Crippen molar-refractivity contribution in [2.45, 2.75) is 25.6 Å². The molecule has 1 aromatic heterocycles. The number of hydrogen-bond donors (Lipinski definition) is 2. The van der Waals surface area contributed by atoms with Gasteiger partial charge in [0.1, 0.15) is 11.3 Å². The van der Waals surface area contributed by atoms with E-state index >= 15 is 4.39 Å². The van der Waals surface area contributed by atoms with Gasteiger partial charge in [0.15, 0.2) is 11.6 Å². The molecule has 1 aliphatic heterocycles. The Bertz CT molecular complexity index is 967. The summed E-state index contributed by atoms with van der Waals surface area (Å²) in [6.45, 7) is 2.91. The number of pyridine rings is 1. The van der Waals surface area contributed by atoms with E-state index in [1.165, 1.54) is 13.3 Å². The van der Waals surface area contributed by atoms with Gasteiger partial charge in [-0.25, -0.2) is 9.18 Å². The summed E-state index contributed by atoms with van der Waals surface area (Å²) >= 11 is 0. The molecular formula is C18H25ClFN3O6. The number of aryl methyl sites for hydroxylation is 1. The number of carbonyl (C=O) groups is 1.